The number of carbonyl (C=O) groups is 2. The number of carbonyl (C=O) groups excluding carboxylic acids is 2. The van der Waals surface area contributed by atoms with Gasteiger partial charge in [0.05, 0.1) is 13.2 Å². The molecule has 2 unspecified atom stereocenters. The Hall–Kier alpha value is -1.40. The summed E-state index contributed by atoms with van der Waals surface area (Å²) in [4.78, 5) is 23.8. The van der Waals surface area contributed by atoms with Gasteiger partial charge in [0.15, 0.2) is 12.2 Å². The van der Waals surface area contributed by atoms with E-state index in [-0.39, 0.29) is 30.3 Å². The number of methoxy groups -OCH3 is 1. The van der Waals surface area contributed by atoms with Crippen molar-refractivity contribution in [3.05, 3.63) is 12.7 Å². The van der Waals surface area contributed by atoms with Crippen molar-refractivity contribution in [3.8, 4) is 0 Å². The van der Waals surface area contributed by atoms with E-state index in [2.05, 4.69) is 6.58 Å². The van der Waals surface area contributed by atoms with E-state index < -0.39 is 17.9 Å². The number of fused-ring (bicyclic) bond motifs is 1. The van der Waals surface area contributed by atoms with Crippen LogP contribution in [0.2, 0.25) is 0 Å². The molecule has 0 bridgehead atoms. The summed E-state index contributed by atoms with van der Waals surface area (Å²) in [5.41, 5.74) is 0. The fourth-order valence-corrected chi connectivity index (χ4v) is 3.83. The fraction of sp³-hybridized carbons (Fsp3) is 0.750. The maximum Gasteiger partial charge on any atom is 0.321 e. The molecule has 122 valence electrons. The zero-order chi connectivity index (χ0) is 15.7. The highest BCUT2D eigenvalue weighted by Crippen LogP contribution is 2.47. The number of hydrogen-bond acceptors (Lipinski definition) is 6. The maximum atomic E-state index is 11.9. The summed E-state index contributed by atoms with van der Waals surface area (Å²) in [6.07, 6.45) is 4.68. The lowest BCUT2D eigenvalue weighted by Crippen LogP contribution is -2.35. The molecule has 0 amide bonds. The zero-order valence-corrected chi connectivity index (χ0v) is 12.7. The van der Waals surface area contributed by atoms with Crippen molar-refractivity contribution in [3.63, 3.8) is 0 Å². The van der Waals surface area contributed by atoms with Crippen molar-refractivity contribution in [2.45, 2.75) is 44.2 Å². The van der Waals surface area contributed by atoms with Crippen molar-refractivity contribution in [2.75, 3.05) is 13.7 Å². The van der Waals surface area contributed by atoms with E-state index in [0.29, 0.717) is 13.0 Å². The quantitative estimate of drug-likeness (QED) is 0.444. The molecule has 0 aromatic carbocycles. The molecule has 3 fully saturated rings. The summed E-state index contributed by atoms with van der Waals surface area (Å²) in [6.45, 7) is 4.56. The second kappa shape index (κ2) is 6.38. The molecule has 0 N–H and O–H groups in total. The topological polar surface area (TPSA) is 71.1 Å². The third kappa shape index (κ3) is 2.65. The highest BCUT2D eigenvalue weighted by Gasteiger charge is 2.58. The predicted octanol–water partition coefficient (Wildman–Crippen LogP) is 1.43. The molecule has 0 aromatic rings. The molecular formula is C16H22O6. The van der Waals surface area contributed by atoms with Gasteiger partial charge in [0.2, 0.25) is 0 Å². The molecule has 6 heteroatoms. The van der Waals surface area contributed by atoms with Crippen LogP contribution in [-0.4, -0.2) is 44.2 Å². The SMILES string of the molecule is C=C[C@@H]1[C@H]2C(C(=O)OC)C(=O)O[C@H]2C[C@H]1OC1CCCCO1. The van der Waals surface area contributed by atoms with Gasteiger partial charge in [0.25, 0.3) is 0 Å². The van der Waals surface area contributed by atoms with Crippen LogP contribution in [0.1, 0.15) is 25.7 Å². The fourth-order valence-electron chi connectivity index (χ4n) is 3.83. The predicted molar refractivity (Wildman–Crippen MR) is 75.6 cm³/mol. The highest BCUT2D eigenvalue weighted by atomic mass is 16.7. The summed E-state index contributed by atoms with van der Waals surface area (Å²) < 4.78 is 21.8. The van der Waals surface area contributed by atoms with Gasteiger partial charge in [0, 0.05) is 24.9 Å². The van der Waals surface area contributed by atoms with Crippen LogP contribution in [0, 0.1) is 17.8 Å². The average Bonchev–Trinajstić information content (AvgIpc) is 3.01. The van der Waals surface area contributed by atoms with Gasteiger partial charge in [0.1, 0.15) is 6.10 Å². The summed E-state index contributed by atoms with van der Waals surface area (Å²) in [5.74, 6) is -2.30. The van der Waals surface area contributed by atoms with Gasteiger partial charge in [-0.1, -0.05) is 6.08 Å². The normalized spacial score (nSPS) is 40.9. The third-order valence-electron chi connectivity index (χ3n) is 4.87. The van der Waals surface area contributed by atoms with E-state index in [0.717, 1.165) is 19.3 Å². The summed E-state index contributed by atoms with van der Waals surface area (Å²) in [5, 5.41) is 0. The van der Waals surface area contributed by atoms with E-state index in [1.807, 2.05) is 0 Å². The minimum atomic E-state index is -0.876. The standard InChI is InChI=1S/C16H22O6/c1-3-9-10(21-12-6-4-5-7-20-12)8-11-13(9)14(15(17)19-2)16(18)22-11/h3,9-14H,1,4-8H2,2H3/t9-,10+,11-,12?,13+,14?/m0/s1. The lowest BCUT2D eigenvalue weighted by Gasteiger charge is -2.29. The Balaban J connectivity index is 1.73. The molecule has 6 nitrogen and oxygen atoms in total. The Kier molecular flexibility index (Phi) is 4.49. The molecule has 1 aliphatic carbocycles. The number of rotatable bonds is 4. The van der Waals surface area contributed by atoms with E-state index in [1.54, 1.807) is 6.08 Å². The first-order chi connectivity index (χ1) is 10.7. The molecule has 2 aliphatic heterocycles. The highest BCUT2D eigenvalue weighted by molar-refractivity contribution is 5.97. The van der Waals surface area contributed by atoms with E-state index >= 15 is 0 Å². The number of ether oxygens (including phenoxy) is 4. The maximum absolute atomic E-state index is 11.9. The molecule has 2 heterocycles. The van der Waals surface area contributed by atoms with Crippen LogP contribution in [0.15, 0.2) is 12.7 Å². The van der Waals surface area contributed by atoms with Gasteiger partial charge < -0.3 is 18.9 Å². The smallest absolute Gasteiger partial charge is 0.321 e. The summed E-state index contributed by atoms with van der Waals surface area (Å²) >= 11 is 0. The second-order valence-corrected chi connectivity index (χ2v) is 6.07. The lowest BCUT2D eigenvalue weighted by atomic mass is 9.84. The van der Waals surface area contributed by atoms with Crippen LogP contribution in [0.3, 0.4) is 0 Å². The minimum Gasteiger partial charge on any atom is -0.468 e. The van der Waals surface area contributed by atoms with Crippen LogP contribution in [-0.2, 0) is 28.5 Å². The van der Waals surface area contributed by atoms with Crippen LogP contribution in [0.25, 0.3) is 0 Å². The molecule has 6 atom stereocenters. The van der Waals surface area contributed by atoms with Crippen molar-refractivity contribution < 1.29 is 28.5 Å². The van der Waals surface area contributed by atoms with Crippen LogP contribution < -0.4 is 0 Å². The van der Waals surface area contributed by atoms with Crippen LogP contribution in [0.5, 0.6) is 0 Å². The molecule has 3 rings (SSSR count). The molecule has 22 heavy (non-hydrogen) atoms. The molecular weight excluding hydrogens is 288 g/mol. The van der Waals surface area contributed by atoms with Gasteiger partial charge in [-0.05, 0) is 19.3 Å². The Labute approximate surface area is 129 Å². The summed E-state index contributed by atoms with van der Waals surface area (Å²) in [7, 11) is 1.28. The zero-order valence-electron chi connectivity index (χ0n) is 12.7. The summed E-state index contributed by atoms with van der Waals surface area (Å²) in [6, 6.07) is 0. The molecule has 3 aliphatic rings. The van der Waals surface area contributed by atoms with Crippen molar-refractivity contribution >= 4 is 11.9 Å². The number of esters is 2. The van der Waals surface area contributed by atoms with Gasteiger partial charge >= 0.3 is 11.9 Å². The van der Waals surface area contributed by atoms with E-state index in [4.69, 9.17) is 18.9 Å². The van der Waals surface area contributed by atoms with Crippen molar-refractivity contribution in [1.82, 2.24) is 0 Å². The van der Waals surface area contributed by atoms with Gasteiger partial charge in [-0.2, -0.15) is 0 Å². The first-order valence-electron chi connectivity index (χ1n) is 7.83. The Morgan fingerprint density at radius 3 is 2.86 bits per heavy atom. The Morgan fingerprint density at radius 1 is 1.41 bits per heavy atom. The minimum absolute atomic E-state index is 0.119. The van der Waals surface area contributed by atoms with E-state index in [9.17, 15) is 9.59 Å². The van der Waals surface area contributed by atoms with Gasteiger partial charge in [-0.3, -0.25) is 9.59 Å². The second-order valence-electron chi connectivity index (χ2n) is 6.07. The molecule has 2 saturated heterocycles. The number of hydrogen-bond donors (Lipinski definition) is 0. The first-order valence-corrected chi connectivity index (χ1v) is 7.83. The van der Waals surface area contributed by atoms with Crippen LogP contribution in [0.4, 0.5) is 0 Å². The molecule has 0 radical (unpaired) electrons. The first kappa shape index (κ1) is 15.5. The van der Waals surface area contributed by atoms with E-state index in [1.165, 1.54) is 7.11 Å². The van der Waals surface area contributed by atoms with Gasteiger partial charge in [-0.15, -0.1) is 6.58 Å². The largest absolute Gasteiger partial charge is 0.468 e. The Morgan fingerprint density at radius 2 is 2.23 bits per heavy atom. The van der Waals surface area contributed by atoms with Crippen molar-refractivity contribution in [1.29, 1.82) is 0 Å². The average molecular weight is 310 g/mol. The van der Waals surface area contributed by atoms with Crippen LogP contribution >= 0.6 is 0 Å². The molecule has 0 spiro atoms. The lowest BCUT2D eigenvalue weighted by molar-refractivity contribution is -0.195. The third-order valence-corrected chi connectivity index (χ3v) is 4.87. The molecule has 1 saturated carbocycles. The van der Waals surface area contributed by atoms with Crippen molar-refractivity contribution in [2.24, 2.45) is 17.8 Å². The molecule has 0 aromatic heterocycles. The monoisotopic (exact) mass is 310 g/mol. The Bertz CT molecular complexity index is 448. The van der Waals surface area contributed by atoms with Gasteiger partial charge in [-0.25, -0.2) is 0 Å².